The Balaban J connectivity index is 6.17. The minimum Gasteiger partial charge on any atom is -0.394 e. The van der Waals surface area contributed by atoms with Crippen LogP contribution in [0.15, 0.2) is 0 Å². The van der Waals surface area contributed by atoms with Gasteiger partial charge in [-0.1, -0.05) is 27.7 Å². The Morgan fingerprint density at radius 1 is 0.429 bits per heavy atom. The summed E-state index contributed by atoms with van der Waals surface area (Å²) in [6.45, 7) is 10.3. The second-order valence-corrected chi connectivity index (χ2v) is 8.15. The standard InChI is InChI=1S/C25H52O10/c1-5-12-29-19-21(31-14-7-3)23(33-16-9-26)25(35-18-11-28)24(34-17-10-27)22(32-15-8-4)20-30-13-6-2/h21-28H,5-20H2,1-4H3. The summed E-state index contributed by atoms with van der Waals surface area (Å²) in [7, 11) is 0. The molecule has 0 aromatic carbocycles. The number of aliphatic hydroxyl groups excluding tert-OH is 3. The maximum absolute atomic E-state index is 9.54. The third kappa shape index (κ3) is 16.1. The van der Waals surface area contributed by atoms with E-state index in [1.165, 1.54) is 0 Å². The SMILES string of the molecule is CCCOCC(OCCC)C(OCCO)C(OCCO)C(OCCO)C(COCCC)OCCC. The molecule has 0 aliphatic heterocycles. The highest BCUT2D eigenvalue weighted by molar-refractivity contribution is 4.91. The first kappa shape index (κ1) is 34.6. The van der Waals surface area contributed by atoms with Crippen LogP contribution in [0.4, 0.5) is 0 Å². The van der Waals surface area contributed by atoms with Gasteiger partial charge in [0.1, 0.15) is 30.5 Å². The van der Waals surface area contributed by atoms with Gasteiger partial charge < -0.3 is 48.5 Å². The summed E-state index contributed by atoms with van der Waals surface area (Å²) < 4.78 is 42.1. The lowest BCUT2D eigenvalue weighted by atomic mass is 9.98. The van der Waals surface area contributed by atoms with Gasteiger partial charge in [-0.25, -0.2) is 0 Å². The van der Waals surface area contributed by atoms with Crippen molar-refractivity contribution < 1.29 is 48.5 Å². The van der Waals surface area contributed by atoms with E-state index in [2.05, 4.69) is 0 Å². The van der Waals surface area contributed by atoms with E-state index >= 15 is 0 Å². The molecule has 0 fully saturated rings. The lowest BCUT2D eigenvalue weighted by Crippen LogP contribution is -2.56. The van der Waals surface area contributed by atoms with Crippen molar-refractivity contribution in [3.05, 3.63) is 0 Å². The monoisotopic (exact) mass is 512 g/mol. The first-order valence-corrected chi connectivity index (χ1v) is 13.2. The summed E-state index contributed by atoms with van der Waals surface area (Å²) in [6, 6.07) is 0. The Morgan fingerprint density at radius 3 is 1.09 bits per heavy atom. The minimum atomic E-state index is -0.751. The molecule has 0 radical (unpaired) electrons. The summed E-state index contributed by atoms with van der Waals surface area (Å²) in [6.07, 6.45) is 0.154. The fourth-order valence-electron chi connectivity index (χ4n) is 3.47. The van der Waals surface area contributed by atoms with Crippen molar-refractivity contribution in [1.82, 2.24) is 0 Å². The van der Waals surface area contributed by atoms with E-state index in [9.17, 15) is 15.3 Å². The zero-order valence-corrected chi connectivity index (χ0v) is 22.4. The fraction of sp³-hybridized carbons (Fsp3) is 1.00. The van der Waals surface area contributed by atoms with E-state index in [-0.39, 0.29) is 52.9 Å². The molecule has 4 atom stereocenters. The van der Waals surface area contributed by atoms with Gasteiger partial charge in [-0.15, -0.1) is 0 Å². The van der Waals surface area contributed by atoms with Gasteiger partial charge in [0, 0.05) is 26.4 Å². The molecule has 0 aliphatic rings. The molecule has 0 spiro atoms. The van der Waals surface area contributed by atoms with Gasteiger partial charge in [0.25, 0.3) is 0 Å². The summed E-state index contributed by atoms with van der Waals surface area (Å²) in [4.78, 5) is 0. The summed E-state index contributed by atoms with van der Waals surface area (Å²) in [5, 5.41) is 28.6. The molecule has 0 rings (SSSR count). The Morgan fingerprint density at radius 2 is 0.771 bits per heavy atom. The highest BCUT2D eigenvalue weighted by Gasteiger charge is 2.42. The predicted octanol–water partition coefficient (Wildman–Crippen LogP) is 1.56. The van der Waals surface area contributed by atoms with Crippen LogP contribution in [0, 0.1) is 0 Å². The third-order valence-corrected chi connectivity index (χ3v) is 4.92. The van der Waals surface area contributed by atoms with Gasteiger partial charge in [-0.2, -0.15) is 0 Å². The molecule has 0 aromatic rings. The van der Waals surface area contributed by atoms with E-state index in [4.69, 9.17) is 33.2 Å². The number of hydrogen-bond donors (Lipinski definition) is 3. The molecule has 10 heteroatoms. The molecular weight excluding hydrogens is 460 g/mol. The number of hydrogen-bond acceptors (Lipinski definition) is 10. The molecule has 0 bridgehead atoms. The second-order valence-electron chi connectivity index (χ2n) is 8.15. The Kier molecular flexibility index (Phi) is 25.0. The second kappa shape index (κ2) is 25.3. The van der Waals surface area contributed by atoms with E-state index < -0.39 is 30.5 Å². The van der Waals surface area contributed by atoms with E-state index in [0.717, 1.165) is 25.7 Å². The van der Waals surface area contributed by atoms with E-state index in [1.807, 2.05) is 27.7 Å². The van der Waals surface area contributed by atoms with Crippen molar-refractivity contribution in [3.8, 4) is 0 Å². The normalized spacial score (nSPS) is 16.2. The number of aliphatic hydroxyl groups is 3. The van der Waals surface area contributed by atoms with Gasteiger partial charge in [0.05, 0.1) is 52.9 Å². The van der Waals surface area contributed by atoms with E-state index in [0.29, 0.717) is 26.4 Å². The van der Waals surface area contributed by atoms with Crippen LogP contribution in [0.3, 0.4) is 0 Å². The molecule has 0 saturated heterocycles. The van der Waals surface area contributed by atoms with Crippen molar-refractivity contribution >= 4 is 0 Å². The summed E-state index contributed by atoms with van der Waals surface area (Å²) >= 11 is 0. The largest absolute Gasteiger partial charge is 0.394 e. The van der Waals surface area contributed by atoms with Crippen LogP contribution in [0.5, 0.6) is 0 Å². The molecule has 0 saturated carbocycles. The van der Waals surface area contributed by atoms with Crippen molar-refractivity contribution in [3.63, 3.8) is 0 Å². The smallest absolute Gasteiger partial charge is 0.115 e. The van der Waals surface area contributed by atoms with Gasteiger partial charge >= 0.3 is 0 Å². The maximum atomic E-state index is 9.54. The lowest BCUT2D eigenvalue weighted by molar-refractivity contribution is -0.219. The molecule has 4 unspecified atom stereocenters. The predicted molar refractivity (Wildman–Crippen MR) is 133 cm³/mol. The van der Waals surface area contributed by atoms with Crippen LogP contribution < -0.4 is 0 Å². The van der Waals surface area contributed by atoms with Crippen LogP contribution >= 0.6 is 0 Å². The molecule has 10 nitrogen and oxygen atoms in total. The van der Waals surface area contributed by atoms with Crippen molar-refractivity contribution in [2.75, 3.05) is 79.3 Å². The molecule has 0 amide bonds. The molecule has 35 heavy (non-hydrogen) atoms. The van der Waals surface area contributed by atoms with Crippen LogP contribution in [0.2, 0.25) is 0 Å². The lowest BCUT2D eigenvalue weighted by Gasteiger charge is -2.40. The van der Waals surface area contributed by atoms with Gasteiger partial charge in [0.2, 0.25) is 0 Å². The van der Waals surface area contributed by atoms with Crippen molar-refractivity contribution in [2.45, 2.75) is 83.9 Å². The average Bonchev–Trinajstić information content (AvgIpc) is 2.87. The molecule has 0 heterocycles. The minimum absolute atomic E-state index is 0.0370. The van der Waals surface area contributed by atoms with Crippen LogP contribution in [-0.4, -0.2) is 125 Å². The molecular formula is C25H52O10. The highest BCUT2D eigenvalue weighted by atomic mass is 16.6. The summed E-state index contributed by atoms with van der Waals surface area (Å²) in [5.41, 5.74) is 0. The molecule has 3 N–H and O–H groups in total. The zero-order chi connectivity index (χ0) is 26.2. The Bertz CT molecular complexity index is 395. The van der Waals surface area contributed by atoms with Crippen LogP contribution in [0.25, 0.3) is 0 Å². The van der Waals surface area contributed by atoms with Gasteiger partial charge in [0.15, 0.2) is 0 Å². The average molecular weight is 513 g/mol. The quantitative estimate of drug-likeness (QED) is 0.140. The van der Waals surface area contributed by atoms with Gasteiger partial charge in [-0.3, -0.25) is 0 Å². The first-order chi connectivity index (χ1) is 17.1. The van der Waals surface area contributed by atoms with E-state index in [1.54, 1.807) is 0 Å². The Hall–Kier alpha value is -0.400. The molecule has 0 aliphatic carbocycles. The Labute approximate surface area is 212 Å². The maximum Gasteiger partial charge on any atom is 0.115 e. The molecule has 0 aromatic heterocycles. The zero-order valence-electron chi connectivity index (χ0n) is 22.4. The van der Waals surface area contributed by atoms with Crippen LogP contribution in [-0.2, 0) is 33.2 Å². The first-order valence-electron chi connectivity index (χ1n) is 13.2. The summed E-state index contributed by atoms with van der Waals surface area (Å²) in [5.74, 6) is 0. The molecule has 212 valence electrons. The third-order valence-electron chi connectivity index (χ3n) is 4.92. The fourth-order valence-corrected chi connectivity index (χ4v) is 3.47. The van der Waals surface area contributed by atoms with Crippen LogP contribution in [0.1, 0.15) is 53.4 Å². The van der Waals surface area contributed by atoms with Crippen molar-refractivity contribution in [1.29, 1.82) is 0 Å². The van der Waals surface area contributed by atoms with Gasteiger partial charge in [-0.05, 0) is 25.7 Å². The topological polar surface area (TPSA) is 125 Å². The number of ether oxygens (including phenoxy) is 7. The number of rotatable bonds is 27. The highest BCUT2D eigenvalue weighted by Crippen LogP contribution is 2.23. The van der Waals surface area contributed by atoms with Crippen molar-refractivity contribution in [2.24, 2.45) is 0 Å².